The number of benzene rings is 2. The van der Waals surface area contributed by atoms with Crippen molar-refractivity contribution in [1.29, 1.82) is 0 Å². The summed E-state index contributed by atoms with van der Waals surface area (Å²) in [5.41, 5.74) is 0.116. The van der Waals surface area contributed by atoms with Crippen molar-refractivity contribution in [3.05, 3.63) is 65.3 Å². The van der Waals surface area contributed by atoms with Crippen LogP contribution in [0.1, 0.15) is 10.5 Å². The highest BCUT2D eigenvalue weighted by Crippen LogP contribution is 2.25. The van der Waals surface area contributed by atoms with Crippen LogP contribution in [0.4, 0.5) is 5.82 Å². The Morgan fingerprint density at radius 2 is 1.82 bits per heavy atom. The van der Waals surface area contributed by atoms with Crippen molar-refractivity contribution in [3.8, 4) is 11.5 Å². The van der Waals surface area contributed by atoms with E-state index in [1.165, 1.54) is 49.2 Å². The van der Waals surface area contributed by atoms with Gasteiger partial charge in [-0.1, -0.05) is 17.7 Å². The largest absolute Gasteiger partial charge is 0.464 e. The summed E-state index contributed by atoms with van der Waals surface area (Å²) in [5.74, 6) is 0.363. The van der Waals surface area contributed by atoms with Crippen LogP contribution in [0.3, 0.4) is 0 Å². The first-order valence-electron chi connectivity index (χ1n) is 7.97. The van der Waals surface area contributed by atoms with Crippen LogP contribution >= 0.6 is 11.6 Å². The van der Waals surface area contributed by atoms with Crippen LogP contribution in [-0.2, 0) is 21.8 Å². The Hall–Kier alpha value is -3.04. The maximum Gasteiger partial charge on any atom is 0.356 e. The first-order valence-corrected chi connectivity index (χ1v) is 9.83. The minimum Gasteiger partial charge on any atom is -0.464 e. The third kappa shape index (κ3) is 4.44. The minimum absolute atomic E-state index is 0.00199. The van der Waals surface area contributed by atoms with Crippen LogP contribution in [0.2, 0.25) is 5.02 Å². The van der Waals surface area contributed by atoms with Crippen molar-refractivity contribution >= 4 is 33.4 Å². The first kappa shape index (κ1) is 19.7. The quantitative estimate of drug-likeness (QED) is 0.612. The number of carbonyl (C=O) groups is 1. The Bertz CT molecular complexity index is 1110. The number of hydrogen-bond donors (Lipinski definition) is 1. The molecule has 0 bridgehead atoms. The Morgan fingerprint density at radius 3 is 2.46 bits per heavy atom. The molecule has 1 N–H and O–H groups in total. The van der Waals surface area contributed by atoms with Crippen molar-refractivity contribution in [3.63, 3.8) is 0 Å². The standard InChI is InChI=1S/C18H16ClN3O5S/c1-22-16(18(23)26-2)11-17(20-22)21-28(24,25)15-8-6-13(7-9-15)27-14-5-3-4-12(19)10-14/h3-11H,1-2H3,(H,20,21). The number of ether oxygens (including phenoxy) is 2. The van der Waals surface area contributed by atoms with E-state index in [2.05, 4.69) is 14.6 Å². The number of aromatic nitrogens is 2. The van der Waals surface area contributed by atoms with Crippen molar-refractivity contribution < 1.29 is 22.7 Å². The molecule has 0 saturated carbocycles. The molecule has 0 atom stereocenters. The lowest BCUT2D eigenvalue weighted by Crippen LogP contribution is -2.13. The SMILES string of the molecule is COC(=O)c1cc(NS(=O)(=O)c2ccc(Oc3cccc(Cl)c3)cc2)nn1C. The summed E-state index contributed by atoms with van der Waals surface area (Å²) in [6.45, 7) is 0. The lowest BCUT2D eigenvalue weighted by molar-refractivity contribution is 0.0588. The number of carbonyl (C=O) groups excluding carboxylic acids is 1. The summed E-state index contributed by atoms with van der Waals surface area (Å²) >= 11 is 5.91. The Balaban J connectivity index is 1.76. The van der Waals surface area contributed by atoms with E-state index < -0.39 is 16.0 Å². The zero-order valence-electron chi connectivity index (χ0n) is 14.9. The van der Waals surface area contributed by atoms with Gasteiger partial charge < -0.3 is 9.47 Å². The Labute approximate surface area is 166 Å². The van der Waals surface area contributed by atoms with E-state index >= 15 is 0 Å². The lowest BCUT2D eigenvalue weighted by atomic mass is 10.3. The van der Waals surface area contributed by atoms with Gasteiger partial charge in [-0.2, -0.15) is 5.10 Å². The molecule has 1 heterocycles. The molecule has 2 aromatic carbocycles. The topological polar surface area (TPSA) is 99.5 Å². The molecule has 0 amide bonds. The fourth-order valence-electron chi connectivity index (χ4n) is 2.36. The highest BCUT2D eigenvalue weighted by molar-refractivity contribution is 7.92. The number of rotatable bonds is 6. The average Bonchev–Trinajstić information content (AvgIpc) is 3.01. The highest BCUT2D eigenvalue weighted by Gasteiger charge is 2.19. The van der Waals surface area contributed by atoms with Crippen LogP contribution in [0.15, 0.2) is 59.5 Å². The average molecular weight is 422 g/mol. The van der Waals surface area contributed by atoms with Gasteiger partial charge in [-0.05, 0) is 42.5 Å². The third-order valence-corrected chi connectivity index (χ3v) is 5.28. The highest BCUT2D eigenvalue weighted by atomic mass is 35.5. The number of hydrogen-bond acceptors (Lipinski definition) is 6. The van der Waals surface area contributed by atoms with E-state index in [0.29, 0.717) is 16.5 Å². The predicted octanol–water partition coefficient (Wildman–Crippen LogP) is 3.45. The van der Waals surface area contributed by atoms with E-state index in [9.17, 15) is 13.2 Å². The molecule has 0 aliphatic carbocycles. The molecule has 8 nitrogen and oxygen atoms in total. The fourth-order valence-corrected chi connectivity index (χ4v) is 3.53. The minimum atomic E-state index is -3.90. The summed E-state index contributed by atoms with van der Waals surface area (Å²) in [4.78, 5) is 11.6. The van der Waals surface area contributed by atoms with Gasteiger partial charge in [-0.15, -0.1) is 0 Å². The lowest BCUT2D eigenvalue weighted by Gasteiger charge is -2.08. The van der Waals surface area contributed by atoms with Gasteiger partial charge in [0.05, 0.1) is 12.0 Å². The van der Waals surface area contributed by atoms with E-state index in [4.69, 9.17) is 16.3 Å². The van der Waals surface area contributed by atoms with Gasteiger partial charge in [0.1, 0.15) is 17.2 Å². The second kappa shape index (κ2) is 7.91. The van der Waals surface area contributed by atoms with Gasteiger partial charge in [0.15, 0.2) is 5.82 Å². The van der Waals surface area contributed by atoms with Crippen molar-refractivity contribution in [2.75, 3.05) is 11.8 Å². The van der Waals surface area contributed by atoms with Gasteiger partial charge in [-0.3, -0.25) is 9.40 Å². The van der Waals surface area contributed by atoms with Gasteiger partial charge in [0.2, 0.25) is 0 Å². The van der Waals surface area contributed by atoms with Crippen molar-refractivity contribution in [2.24, 2.45) is 7.05 Å². The van der Waals surface area contributed by atoms with Gasteiger partial charge >= 0.3 is 5.97 Å². The van der Waals surface area contributed by atoms with Crippen LogP contribution in [-0.4, -0.2) is 31.3 Å². The summed E-state index contributed by atoms with van der Waals surface area (Å²) in [6, 6.07) is 14.0. The summed E-state index contributed by atoms with van der Waals surface area (Å²) in [5, 5.41) is 4.49. The van der Waals surface area contributed by atoms with Gasteiger partial charge in [0.25, 0.3) is 10.0 Å². The second-order valence-corrected chi connectivity index (χ2v) is 7.79. The normalized spacial score (nSPS) is 11.1. The molecule has 10 heteroatoms. The van der Waals surface area contributed by atoms with Crippen LogP contribution in [0.5, 0.6) is 11.5 Å². The summed E-state index contributed by atoms with van der Waals surface area (Å²) in [7, 11) is -1.17. The third-order valence-electron chi connectivity index (χ3n) is 3.68. The molecule has 0 unspecified atom stereocenters. The molecule has 0 saturated heterocycles. The number of halogens is 1. The maximum absolute atomic E-state index is 12.5. The van der Waals surface area contributed by atoms with Crippen LogP contribution in [0, 0.1) is 0 Å². The second-order valence-electron chi connectivity index (χ2n) is 5.67. The van der Waals surface area contributed by atoms with E-state index in [0.717, 1.165) is 0 Å². The number of aryl methyl sites for hydroxylation is 1. The molecule has 0 fully saturated rings. The molecule has 3 rings (SSSR count). The number of nitrogens with one attached hydrogen (secondary N) is 1. The number of methoxy groups -OCH3 is 1. The number of esters is 1. The van der Waals surface area contributed by atoms with Crippen molar-refractivity contribution in [1.82, 2.24) is 9.78 Å². The van der Waals surface area contributed by atoms with Crippen LogP contribution in [0.25, 0.3) is 0 Å². The molecular weight excluding hydrogens is 406 g/mol. The molecule has 0 radical (unpaired) electrons. The molecule has 0 spiro atoms. The molecule has 146 valence electrons. The predicted molar refractivity (Wildman–Crippen MR) is 103 cm³/mol. The van der Waals surface area contributed by atoms with E-state index in [1.54, 1.807) is 24.3 Å². The molecule has 0 aliphatic rings. The van der Waals surface area contributed by atoms with E-state index in [-0.39, 0.29) is 16.4 Å². The molecule has 28 heavy (non-hydrogen) atoms. The fraction of sp³-hybridized carbons (Fsp3) is 0.111. The monoisotopic (exact) mass is 421 g/mol. The first-order chi connectivity index (χ1) is 13.3. The molecule has 1 aromatic heterocycles. The maximum atomic E-state index is 12.5. The van der Waals surface area contributed by atoms with Gasteiger partial charge in [0, 0.05) is 18.1 Å². The van der Waals surface area contributed by atoms with Crippen LogP contribution < -0.4 is 9.46 Å². The Kier molecular flexibility index (Phi) is 5.57. The van der Waals surface area contributed by atoms with Gasteiger partial charge in [-0.25, -0.2) is 13.2 Å². The summed E-state index contributed by atoms with van der Waals surface area (Å²) in [6.07, 6.45) is 0. The summed E-state index contributed by atoms with van der Waals surface area (Å²) < 4.78 is 38.9. The molecule has 0 aliphatic heterocycles. The Morgan fingerprint density at radius 1 is 1.11 bits per heavy atom. The van der Waals surface area contributed by atoms with E-state index in [1.807, 2.05) is 0 Å². The molecule has 3 aromatic rings. The number of nitrogens with zero attached hydrogens (tertiary/aromatic N) is 2. The van der Waals surface area contributed by atoms with Crippen molar-refractivity contribution in [2.45, 2.75) is 4.90 Å². The zero-order valence-corrected chi connectivity index (χ0v) is 16.5. The smallest absolute Gasteiger partial charge is 0.356 e. The molecular formula is C18H16ClN3O5S. The number of sulfonamides is 1. The zero-order chi connectivity index (χ0) is 20.3. The number of anilines is 1.